The molecule has 3 aromatic rings. The zero-order valence-corrected chi connectivity index (χ0v) is 14.4. The van der Waals surface area contributed by atoms with Gasteiger partial charge in [-0.1, -0.05) is 36.4 Å². The molecule has 0 aliphatic carbocycles. The molecule has 0 radical (unpaired) electrons. The van der Waals surface area contributed by atoms with Crippen LogP contribution in [0.2, 0.25) is 0 Å². The van der Waals surface area contributed by atoms with Crippen LogP contribution in [-0.4, -0.2) is 22.8 Å². The Hall–Kier alpha value is -2.12. The van der Waals surface area contributed by atoms with E-state index in [0.29, 0.717) is 6.42 Å². The molecule has 0 N–H and O–H groups in total. The number of aromatic nitrogens is 2. The number of rotatable bonds is 7. The van der Waals surface area contributed by atoms with Crippen molar-refractivity contribution in [3.05, 3.63) is 79.3 Å². The number of hydrogen-bond acceptors (Lipinski definition) is 2. The fourth-order valence-electron chi connectivity index (χ4n) is 3.10. The highest BCUT2D eigenvalue weighted by atomic mass is 31.2. The van der Waals surface area contributed by atoms with Gasteiger partial charge in [0.1, 0.15) is 24.2 Å². The topological polar surface area (TPSA) is 25.8 Å². The Balaban J connectivity index is 2.20. The number of halogens is 1. The van der Waals surface area contributed by atoms with Crippen molar-refractivity contribution in [1.29, 1.82) is 0 Å². The monoisotopic (exact) mass is 338 g/mol. The fourth-order valence-corrected chi connectivity index (χ4v) is 7.31. The van der Waals surface area contributed by atoms with Crippen molar-refractivity contribution in [2.45, 2.75) is 12.8 Å². The SMILES string of the molecule is [18F]CCCC[P+](c1ccccc1)(c1ccccc1)c1ccncn1. The summed E-state index contributed by atoms with van der Waals surface area (Å²) in [5, 5.41) is 2.57. The summed E-state index contributed by atoms with van der Waals surface area (Å²) < 4.78 is 12.8. The summed E-state index contributed by atoms with van der Waals surface area (Å²) in [5.74, 6) is 0. The zero-order chi connectivity index (χ0) is 16.7. The van der Waals surface area contributed by atoms with E-state index in [2.05, 4.69) is 58.5 Å². The number of hydrogen-bond donors (Lipinski definition) is 0. The van der Waals surface area contributed by atoms with Crippen LogP contribution in [0.1, 0.15) is 12.8 Å². The van der Waals surface area contributed by atoms with Crippen LogP contribution >= 0.6 is 7.26 Å². The molecule has 1 heterocycles. The lowest BCUT2D eigenvalue weighted by Crippen LogP contribution is -2.35. The van der Waals surface area contributed by atoms with Gasteiger partial charge < -0.3 is 0 Å². The Morgan fingerprint density at radius 3 is 1.92 bits per heavy atom. The van der Waals surface area contributed by atoms with E-state index in [0.717, 1.165) is 18.0 Å². The fraction of sp³-hybridized carbons (Fsp3) is 0.200. The summed E-state index contributed by atoms with van der Waals surface area (Å²) in [6.45, 7) is -0.270. The molecule has 0 unspecified atom stereocenters. The Morgan fingerprint density at radius 1 is 0.792 bits per heavy atom. The van der Waals surface area contributed by atoms with Crippen molar-refractivity contribution in [2.24, 2.45) is 0 Å². The number of benzene rings is 2. The van der Waals surface area contributed by atoms with Crippen LogP contribution in [0.4, 0.5) is 4.39 Å². The van der Waals surface area contributed by atoms with Crippen molar-refractivity contribution in [2.75, 3.05) is 12.8 Å². The van der Waals surface area contributed by atoms with Gasteiger partial charge in [0.25, 0.3) is 0 Å². The van der Waals surface area contributed by atoms with Gasteiger partial charge in [-0.15, -0.1) is 0 Å². The second-order valence-corrected chi connectivity index (χ2v) is 9.23. The molecule has 0 amide bonds. The molecule has 24 heavy (non-hydrogen) atoms. The van der Waals surface area contributed by atoms with Gasteiger partial charge in [0.05, 0.1) is 12.8 Å². The zero-order valence-electron chi connectivity index (χ0n) is 13.6. The highest BCUT2D eigenvalue weighted by Crippen LogP contribution is 2.55. The third-order valence-electron chi connectivity index (χ3n) is 4.23. The molecule has 2 aromatic carbocycles. The molecule has 0 saturated heterocycles. The van der Waals surface area contributed by atoms with Crippen molar-refractivity contribution < 1.29 is 4.39 Å². The Kier molecular flexibility index (Phi) is 5.66. The van der Waals surface area contributed by atoms with Crippen LogP contribution < -0.4 is 16.0 Å². The first-order valence-corrected chi connectivity index (χ1v) is 10.2. The van der Waals surface area contributed by atoms with Gasteiger partial charge in [-0.05, 0) is 37.1 Å². The first-order chi connectivity index (χ1) is 11.9. The van der Waals surface area contributed by atoms with E-state index < -0.39 is 7.26 Å². The van der Waals surface area contributed by atoms with Crippen LogP contribution in [0.5, 0.6) is 0 Å². The lowest BCUT2D eigenvalue weighted by molar-refractivity contribution is 0.470. The molecule has 0 bridgehead atoms. The van der Waals surface area contributed by atoms with E-state index in [4.69, 9.17) is 0 Å². The molecule has 0 saturated carbocycles. The van der Waals surface area contributed by atoms with Crippen LogP contribution in [-0.2, 0) is 0 Å². The van der Waals surface area contributed by atoms with Crippen LogP contribution in [0, 0.1) is 0 Å². The number of alkyl halides is 1. The van der Waals surface area contributed by atoms with Crippen molar-refractivity contribution in [1.82, 2.24) is 9.97 Å². The van der Waals surface area contributed by atoms with Crippen molar-refractivity contribution >= 4 is 23.3 Å². The van der Waals surface area contributed by atoms with E-state index in [1.165, 1.54) is 10.6 Å². The summed E-state index contributed by atoms with van der Waals surface area (Å²) in [4.78, 5) is 8.72. The van der Waals surface area contributed by atoms with Crippen LogP contribution in [0.15, 0.2) is 79.3 Å². The van der Waals surface area contributed by atoms with Gasteiger partial charge in [-0.3, -0.25) is 4.39 Å². The summed E-state index contributed by atoms with van der Waals surface area (Å²) in [6, 6.07) is 23.1. The predicted molar refractivity (Wildman–Crippen MR) is 101 cm³/mol. The third-order valence-corrected chi connectivity index (χ3v) is 8.62. The highest BCUT2D eigenvalue weighted by Gasteiger charge is 2.46. The molecule has 4 heteroatoms. The average molecular weight is 338 g/mol. The van der Waals surface area contributed by atoms with Crippen LogP contribution in [0.25, 0.3) is 0 Å². The summed E-state index contributed by atoms with van der Waals surface area (Å²) in [6.07, 6.45) is 5.77. The molecule has 3 rings (SSSR count). The van der Waals surface area contributed by atoms with Gasteiger partial charge in [0.2, 0.25) is 0 Å². The summed E-state index contributed by atoms with van der Waals surface area (Å²) in [7, 11) is -1.90. The maximum absolute atomic E-state index is 12.8. The summed E-state index contributed by atoms with van der Waals surface area (Å²) in [5.41, 5.74) is 1.06. The number of nitrogens with zero attached hydrogens (tertiary/aromatic N) is 2. The molecule has 0 aliphatic rings. The highest BCUT2D eigenvalue weighted by molar-refractivity contribution is 7.95. The van der Waals surface area contributed by atoms with E-state index in [1.807, 2.05) is 18.2 Å². The predicted octanol–water partition coefficient (Wildman–Crippen LogP) is 3.52. The lowest BCUT2D eigenvalue weighted by atomic mass is 10.4. The van der Waals surface area contributed by atoms with E-state index in [9.17, 15) is 4.39 Å². The minimum absolute atomic E-state index is 0.270. The molecular formula is C20H21FN2P+. The minimum atomic E-state index is -1.90. The quantitative estimate of drug-likeness (QED) is 0.487. The Labute approximate surface area is 143 Å². The van der Waals surface area contributed by atoms with Gasteiger partial charge in [0, 0.05) is 12.3 Å². The van der Waals surface area contributed by atoms with Gasteiger partial charge in [0.15, 0.2) is 5.44 Å². The van der Waals surface area contributed by atoms with E-state index in [-0.39, 0.29) is 6.67 Å². The number of unbranched alkanes of at least 4 members (excludes halogenated alkanes) is 1. The molecule has 1 aromatic heterocycles. The van der Waals surface area contributed by atoms with E-state index in [1.54, 1.807) is 12.5 Å². The molecule has 0 atom stereocenters. The maximum atomic E-state index is 12.8. The molecule has 0 spiro atoms. The standard InChI is InChI=1S/C20H21FN2P/c21-14-7-8-16-24(18-9-3-1-4-10-18,19-11-5-2-6-12-19)20-13-15-22-17-23-20/h1-6,9-13,15,17H,7-8,14,16H2/q+1/i21-1. The van der Waals surface area contributed by atoms with Crippen LogP contribution in [0.3, 0.4) is 0 Å². The van der Waals surface area contributed by atoms with Gasteiger partial charge in [-0.2, -0.15) is 0 Å². The first kappa shape index (κ1) is 16.7. The third kappa shape index (κ3) is 3.37. The average Bonchev–Trinajstić information content (AvgIpc) is 2.68. The Morgan fingerprint density at radius 2 is 1.42 bits per heavy atom. The van der Waals surface area contributed by atoms with Crippen molar-refractivity contribution in [3.63, 3.8) is 0 Å². The molecular weight excluding hydrogens is 317 g/mol. The largest absolute Gasteiger partial charge is 0.251 e. The minimum Gasteiger partial charge on any atom is -0.251 e. The normalized spacial score (nSPS) is 11.4. The second kappa shape index (κ2) is 8.12. The van der Waals surface area contributed by atoms with Crippen molar-refractivity contribution in [3.8, 4) is 0 Å². The molecule has 2 nitrogen and oxygen atoms in total. The molecule has 0 fully saturated rings. The lowest BCUT2D eigenvalue weighted by Gasteiger charge is -2.26. The van der Waals surface area contributed by atoms with E-state index >= 15 is 0 Å². The molecule has 122 valence electrons. The molecule has 0 aliphatic heterocycles. The maximum Gasteiger partial charge on any atom is 0.195 e. The second-order valence-electron chi connectivity index (χ2n) is 5.67. The Bertz CT molecular complexity index is 639. The van der Waals surface area contributed by atoms with Gasteiger partial charge >= 0.3 is 0 Å². The summed E-state index contributed by atoms with van der Waals surface area (Å²) >= 11 is 0. The van der Waals surface area contributed by atoms with Gasteiger partial charge in [-0.25, -0.2) is 9.97 Å². The first-order valence-electron chi connectivity index (χ1n) is 8.20. The smallest absolute Gasteiger partial charge is 0.195 e.